The molecule has 2 heterocycles. The Balaban J connectivity index is 1.93. The van der Waals surface area contributed by atoms with Gasteiger partial charge < -0.3 is 20.3 Å². The highest BCUT2D eigenvalue weighted by molar-refractivity contribution is 5.82. The van der Waals surface area contributed by atoms with Crippen LogP contribution in [0.5, 0.6) is 0 Å². The van der Waals surface area contributed by atoms with Crippen molar-refractivity contribution in [3.8, 4) is 0 Å². The van der Waals surface area contributed by atoms with Crippen LogP contribution in [0.2, 0.25) is 0 Å². The molecule has 2 atom stereocenters. The number of hydrogen-bond donors (Lipinski definition) is 2. The lowest BCUT2D eigenvalue weighted by Crippen LogP contribution is -2.55. The second-order valence-electron chi connectivity index (χ2n) is 7.81. The van der Waals surface area contributed by atoms with Crippen molar-refractivity contribution in [1.29, 1.82) is 0 Å². The van der Waals surface area contributed by atoms with Gasteiger partial charge in [0.25, 0.3) is 0 Å². The van der Waals surface area contributed by atoms with E-state index in [0.717, 1.165) is 24.1 Å². The third kappa shape index (κ3) is 3.21. The van der Waals surface area contributed by atoms with Gasteiger partial charge in [-0.2, -0.15) is 0 Å². The minimum absolute atomic E-state index is 0.428. The van der Waals surface area contributed by atoms with Crippen molar-refractivity contribution in [3.63, 3.8) is 0 Å². The average Bonchev–Trinajstić information content (AvgIpc) is 2.78. The molecule has 0 spiro atoms. The average molecular weight is 331 g/mol. The van der Waals surface area contributed by atoms with Crippen LogP contribution >= 0.6 is 0 Å². The molecule has 0 unspecified atom stereocenters. The van der Waals surface area contributed by atoms with Crippen LogP contribution in [0.3, 0.4) is 0 Å². The third-order valence-electron chi connectivity index (χ3n) is 5.03. The predicted molar refractivity (Wildman–Crippen MR) is 99.3 cm³/mol. The van der Waals surface area contributed by atoms with E-state index >= 15 is 0 Å². The number of nitrogens with zero attached hydrogens (tertiary/aromatic N) is 4. The summed E-state index contributed by atoms with van der Waals surface area (Å²) >= 11 is 0. The number of nitrogen functional groups attached to an aromatic ring is 1. The summed E-state index contributed by atoms with van der Waals surface area (Å²) in [4.78, 5) is 9.34. The van der Waals surface area contributed by atoms with Crippen molar-refractivity contribution in [1.82, 2.24) is 14.5 Å². The summed E-state index contributed by atoms with van der Waals surface area (Å²) in [6.07, 6.45) is 0. The number of rotatable bonds is 3. The van der Waals surface area contributed by atoms with Gasteiger partial charge in [-0.15, -0.1) is 0 Å². The maximum atomic E-state index is 10.1. The van der Waals surface area contributed by atoms with Crippen molar-refractivity contribution in [2.45, 2.75) is 51.9 Å². The molecule has 0 bridgehead atoms. The topological polar surface area (TPSA) is 70.5 Å². The zero-order chi connectivity index (χ0) is 17.6. The summed E-state index contributed by atoms with van der Waals surface area (Å²) in [7, 11) is 2.19. The minimum atomic E-state index is -0.831. The van der Waals surface area contributed by atoms with E-state index in [-0.39, 0.29) is 0 Å². The number of anilines is 2. The number of aliphatic hydroxyl groups is 1. The molecule has 2 aromatic rings. The minimum Gasteiger partial charge on any atom is -0.389 e. The summed E-state index contributed by atoms with van der Waals surface area (Å²) in [5.74, 6) is 0.449. The van der Waals surface area contributed by atoms with E-state index in [2.05, 4.69) is 53.9 Å². The van der Waals surface area contributed by atoms with Crippen molar-refractivity contribution in [2.75, 3.05) is 30.8 Å². The fourth-order valence-electron chi connectivity index (χ4n) is 3.50. The zero-order valence-corrected chi connectivity index (χ0v) is 15.3. The van der Waals surface area contributed by atoms with E-state index in [1.165, 1.54) is 5.69 Å². The first-order valence-electron chi connectivity index (χ1n) is 8.61. The Hall–Kier alpha value is -1.79. The van der Waals surface area contributed by atoms with Crippen molar-refractivity contribution in [2.24, 2.45) is 0 Å². The van der Waals surface area contributed by atoms with Crippen molar-refractivity contribution >= 4 is 22.7 Å². The van der Waals surface area contributed by atoms with Gasteiger partial charge >= 0.3 is 0 Å². The molecule has 1 aliphatic heterocycles. The predicted octanol–water partition coefficient (Wildman–Crippen LogP) is 1.92. The fourth-order valence-corrected chi connectivity index (χ4v) is 3.50. The normalized spacial score (nSPS) is 23.2. The van der Waals surface area contributed by atoms with Gasteiger partial charge in [0.05, 0.1) is 23.2 Å². The van der Waals surface area contributed by atoms with Gasteiger partial charge in [0, 0.05) is 30.9 Å². The Kier molecular flexibility index (Phi) is 4.21. The largest absolute Gasteiger partial charge is 0.389 e. The van der Waals surface area contributed by atoms with Gasteiger partial charge in [0.15, 0.2) is 0 Å². The van der Waals surface area contributed by atoms with E-state index in [1.54, 1.807) is 13.8 Å². The number of piperazine rings is 1. The lowest BCUT2D eigenvalue weighted by atomic mass is 10.1. The van der Waals surface area contributed by atoms with Crippen LogP contribution in [0.25, 0.3) is 11.0 Å². The van der Waals surface area contributed by atoms with Gasteiger partial charge in [0.1, 0.15) is 0 Å². The summed E-state index contributed by atoms with van der Waals surface area (Å²) in [6, 6.07) is 7.34. The van der Waals surface area contributed by atoms with Crippen LogP contribution in [-0.2, 0) is 6.54 Å². The molecule has 1 saturated heterocycles. The summed E-state index contributed by atoms with van der Waals surface area (Å²) in [5.41, 5.74) is 8.27. The lowest BCUT2D eigenvalue weighted by molar-refractivity contribution is 0.0633. The number of hydrogen-bond acceptors (Lipinski definition) is 5. The second kappa shape index (κ2) is 5.93. The van der Waals surface area contributed by atoms with E-state index < -0.39 is 5.60 Å². The van der Waals surface area contributed by atoms with Gasteiger partial charge in [-0.25, -0.2) is 4.98 Å². The number of benzene rings is 1. The molecule has 132 valence electrons. The first kappa shape index (κ1) is 17.0. The Bertz CT molecular complexity index is 721. The van der Waals surface area contributed by atoms with Crippen LogP contribution in [0.1, 0.15) is 27.7 Å². The molecule has 24 heavy (non-hydrogen) atoms. The molecule has 0 amide bonds. The van der Waals surface area contributed by atoms with Crippen molar-refractivity contribution < 1.29 is 5.11 Å². The number of imidazole rings is 1. The van der Waals surface area contributed by atoms with Crippen LogP contribution < -0.4 is 10.6 Å². The quantitative estimate of drug-likeness (QED) is 0.899. The first-order chi connectivity index (χ1) is 11.2. The van der Waals surface area contributed by atoms with Gasteiger partial charge in [-0.3, -0.25) is 4.90 Å². The zero-order valence-electron chi connectivity index (χ0n) is 15.3. The van der Waals surface area contributed by atoms with Crippen molar-refractivity contribution in [3.05, 3.63) is 18.2 Å². The van der Waals surface area contributed by atoms with Gasteiger partial charge in [-0.1, -0.05) is 0 Å². The number of nitrogens with two attached hydrogens (primary N) is 1. The van der Waals surface area contributed by atoms with E-state index in [4.69, 9.17) is 5.73 Å². The molecular weight excluding hydrogens is 302 g/mol. The molecule has 6 nitrogen and oxygen atoms in total. The Morgan fingerprint density at radius 1 is 1.25 bits per heavy atom. The second-order valence-corrected chi connectivity index (χ2v) is 7.81. The number of aromatic nitrogens is 2. The van der Waals surface area contributed by atoms with E-state index in [0.29, 0.717) is 24.6 Å². The Morgan fingerprint density at radius 3 is 2.46 bits per heavy atom. The third-order valence-corrected chi connectivity index (χ3v) is 5.03. The maximum Gasteiger partial charge on any atom is 0.201 e. The number of fused-ring (bicyclic) bond motifs is 1. The fraction of sp³-hybridized carbons (Fsp3) is 0.611. The lowest BCUT2D eigenvalue weighted by Gasteiger charge is -2.43. The van der Waals surface area contributed by atoms with E-state index in [9.17, 15) is 5.11 Å². The van der Waals surface area contributed by atoms with Crippen LogP contribution in [0, 0.1) is 0 Å². The SMILES string of the molecule is C[C@@H]1CN(c2ccc3c(c2)nc(N)n3CC(C)(C)O)C[C@H](C)N1C. The molecule has 3 rings (SSSR count). The highest BCUT2D eigenvalue weighted by Gasteiger charge is 2.27. The first-order valence-corrected chi connectivity index (χ1v) is 8.61. The molecular formula is C18H29N5O. The Morgan fingerprint density at radius 2 is 1.88 bits per heavy atom. The Labute approximate surface area is 143 Å². The smallest absolute Gasteiger partial charge is 0.201 e. The molecule has 1 fully saturated rings. The molecule has 0 saturated carbocycles. The molecule has 1 aromatic heterocycles. The summed E-state index contributed by atoms with van der Waals surface area (Å²) in [5, 5.41) is 10.1. The van der Waals surface area contributed by atoms with Crippen LogP contribution in [0.4, 0.5) is 11.6 Å². The summed E-state index contributed by atoms with van der Waals surface area (Å²) < 4.78 is 1.88. The van der Waals surface area contributed by atoms with Gasteiger partial charge in [-0.05, 0) is 52.9 Å². The molecule has 3 N–H and O–H groups in total. The molecule has 1 aliphatic rings. The molecule has 0 radical (unpaired) electrons. The highest BCUT2D eigenvalue weighted by Crippen LogP contribution is 2.27. The van der Waals surface area contributed by atoms with Crippen LogP contribution in [-0.4, -0.2) is 57.4 Å². The standard InChI is InChI=1S/C18H29N5O/c1-12-9-22(10-13(2)21(12)5)14-6-7-16-15(8-14)20-17(19)23(16)11-18(3,4)24/h6-8,12-13,24H,9-11H2,1-5H3,(H2,19,20)/t12-,13+. The van der Waals surface area contributed by atoms with E-state index in [1.807, 2.05) is 4.57 Å². The highest BCUT2D eigenvalue weighted by atomic mass is 16.3. The molecule has 6 heteroatoms. The van der Waals surface area contributed by atoms with Gasteiger partial charge in [0.2, 0.25) is 5.95 Å². The number of likely N-dealkylation sites (N-methyl/N-ethyl adjacent to an activating group) is 1. The summed E-state index contributed by atoms with van der Waals surface area (Å²) in [6.45, 7) is 10.5. The monoisotopic (exact) mass is 331 g/mol. The van der Waals surface area contributed by atoms with Crippen LogP contribution in [0.15, 0.2) is 18.2 Å². The maximum absolute atomic E-state index is 10.1. The molecule has 1 aromatic carbocycles. The molecule has 0 aliphatic carbocycles.